The molecule has 0 aliphatic heterocycles. The van der Waals surface area contributed by atoms with Gasteiger partial charge in [0.15, 0.2) is 6.29 Å². The number of hydrogen-bond acceptors (Lipinski definition) is 3. The highest BCUT2D eigenvalue weighted by molar-refractivity contribution is 6.30. The van der Waals surface area contributed by atoms with Crippen molar-refractivity contribution in [1.29, 1.82) is 0 Å². The van der Waals surface area contributed by atoms with E-state index >= 15 is 0 Å². The van der Waals surface area contributed by atoms with Crippen LogP contribution < -0.4 is 4.90 Å². The molecule has 2 rings (SSSR count). The van der Waals surface area contributed by atoms with Crippen LogP contribution in [0.2, 0.25) is 5.02 Å². The molecule has 5 nitrogen and oxygen atoms in total. The number of anilines is 1. The van der Waals surface area contributed by atoms with Gasteiger partial charge in [0, 0.05) is 5.02 Å². The van der Waals surface area contributed by atoms with Crippen molar-refractivity contribution in [3.63, 3.8) is 0 Å². The molecule has 0 fully saturated rings. The van der Waals surface area contributed by atoms with Crippen LogP contribution in [0.1, 0.15) is 15.9 Å². The van der Waals surface area contributed by atoms with Gasteiger partial charge in [-0.25, -0.2) is 9.78 Å². The molecule has 1 heterocycles. The van der Waals surface area contributed by atoms with Crippen molar-refractivity contribution in [2.45, 2.75) is 6.54 Å². The van der Waals surface area contributed by atoms with Gasteiger partial charge in [-0.15, -0.1) is 0 Å². The number of pyridine rings is 1. The van der Waals surface area contributed by atoms with E-state index in [1.807, 2.05) is 0 Å². The molecule has 0 unspecified atom stereocenters. The highest BCUT2D eigenvalue weighted by atomic mass is 35.5. The Morgan fingerprint density at radius 3 is 2.48 bits per heavy atom. The van der Waals surface area contributed by atoms with Crippen LogP contribution in [0, 0.1) is 5.95 Å². The van der Waals surface area contributed by atoms with Crippen LogP contribution in [-0.2, 0) is 6.54 Å². The summed E-state index contributed by atoms with van der Waals surface area (Å²) in [7, 11) is 0. The van der Waals surface area contributed by atoms with Gasteiger partial charge in [-0.05, 0) is 29.8 Å². The molecule has 0 aliphatic carbocycles. The van der Waals surface area contributed by atoms with E-state index < -0.39 is 12.0 Å². The lowest BCUT2D eigenvalue weighted by Crippen LogP contribution is -2.29. The third kappa shape index (κ3) is 3.55. The quantitative estimate of drug-likeness (QED) is 0.694. The summed E-state index contributed by atoms with van der Waals surface area (Å²) in [5.41, 5.74) is 0.444. The predicted octanol–water partition coefficient (Wildman–Crippen LogP) is 3.37. The molecule has 0 spiro atoms. The van der Waals surface area contributed by atoms with Crippen LogP contribution in [-0.4, -0.2) is 22.5 Å². The summed E-state index contributed by atoms with van der Waals surface area (Å²) < 4.78 is 13.5. The van der Waals surface area contributed by atoms with Crippen molar-refractivity contribution >= 4 is 29.8 Å². The molecule has 108 valence electrons. The summed E-state index contributed by atoms with van der Waals surface area (Å²) in [5.74, 6) is -1.11. The zero-order valence-electron chi connectivity index (χ0n) is 10.7. The summed E-state index contributed by atoms with van der Waals surface area (Å²) in [4.78, 5) is 26.2. The molecule has 21 heavy (non-hydrogen) atoms. The average molecular weight is 309 g/mol. The second kappa shape index (κ2) is 6.32. The first-order valence-corrected chi connectivity index (χ1v) is 6.25. The Bertz CT molecular complexity index is 676. The lowest BCUT2D eigenvalue weighted by atomic mass is 10.2. The molecule has 0 saturated carbocycles. The number of carbonyl (C=O) groups excluding carboxylic acids is 1. The standard InChI is InChI=1S/C14H10ClFN2O3/c15-11-4-1-9(2-5-11)7-18(14(20)21)12-6-3-10(8-19)13(16)17-12/h1-6,8H,7H2,(H,20,21). The zero-order valence-corrected chi connectivity index (χ0v) is 11.4. The fourth-order valence-electron chi connectivity index (χ4n) is 1.69. The van der Waals surface area contributed by atoms with Crippen LogP contribution >= 0.6 is 11.6 Å². The number of carbonyl (C=O) groups is 2. The Morgan fingerprint density at radius 1 is 1.29 bits per heavy atom. The van der Waals surface area contributed by atoms with Gasteiger partial charge in [0.25, 0.3) is 0 Å². The molecule has 0 aliphatic rings. The number of hydrogen-bond donors (Lipinski definition) is 1. The molecule has 2 aromatic rings. The van der Waals surface area contributed by atoms with Gasteiger partial charge < -0.3 is 5.11 Å². The molecule has 0 bridgehead atoms. The van der Waals surface area contributed by atoms with Crippen molar-refractivity contribution < 1.29 is 19.1 Å². The Balaban J connectivity index is 2.30. The fourth-order valence-corrected chi connectivity index (χ4v) is 1.82. The minimum Gasteiger partial charge on any atom is -0.465 e. The Morgan fingerprint density at radius 2 is 1.95 bits per heavy atom. The summed E-state index contributed by atoms with van der Waals surface area (Å²) in [6, 6.07) is 9.03. The van der Waals surface area contributed by atoms with Crippen LogP contribution in [0.15, 0.2) is 36.4 Å². The summed E-state index contributed by atoms with van der Waals surface area (Å²) in [5, 5.41) is 9.76. The van der Waals surface area contributed by atoms with Gasteiger partial charge in [-0.3, -0.25) is 9.69 Å². The van der Waals surface area contributed by atoms with E-state index in [9.17, 15) is 19.1 Å². The first kappa shape index (κ1) is 14.9. The van der Waals surface area contributed by atoms with E-state index in [0.717, 1.165) is 4.90 Å². The second-order valence-corrected chi connectivity index (χ2v) is 4.60. The molecule has 1 aromatic heterocycles. The lowest BCUT2D eigenvalue weighted by molar-refractivity contribution is 0.111. The molecule has 7 heteroatoms. The molecule has 0 radical (unpaired) electrons. The van der Waals surface area contributed by atoms with Gasteiger partial charge in [0.1, 0.15) is 5.82 Å². The second-order valence-electron chi connectivity index (χ2n) is 4.16. The first-order chi connectivity index (χ1) is 10.0. The number of amides is 1. The summed E-state index contributed by atoms with van der Waals surface area (Å²) in [6.45, 7) is -0.0145. The molecule has 0 atom stereocenters. The third-order valence-corrected chi connectivity index (χ3v) is 3.00. The largest absolute Gasteiger partial charge is 0.465 e. The molecule has 1 aromatic carbocycles. The molecular weight excluding hydrogens is 299 g/mol. The van der Waals surface area contributed by atoms with E-state index in [0.29, 0.717) is 16.9 Å². The molecular formula is C14H10ClFN2O3. The molecule has 1 N–H and O–H groups in total. The fraction of sp³-hybridized carbons (Fsp3) is 0.0714. The van der Waals surface area contributed by atoms with Gasteiger partial charge >= 0.3 is 6.09 Å². The number of rotatable bonds is 4. The maximum Gasteiger partial charge on any atom is 0.413 e. The lowest BCUT2D eigenvalue weighted by Gasteiger charge is -2.18. The van der Waals surface area contributed by atoms with E-state index in [-0.39, 0.29) is 17.9 Å². The third-order valence-electron chi connectivity index (χ3n) is 2.75. The van der Waals surface area contributed by atoms with E-state index in [4.69, 9.17) is 11.6 Å². The Kier molecular flexibility index (Phi) is 4.49. The van der Waals surface area contributed by atoms with Crippen molar-refractivity contribution in [3.05, 3.63) is 58.5 Å². The smallest absolute Gasteiger partial charge is 0.413 e. The predicted molar refractivity (Wildman–Crippen MR) is 75.2 cm³/mol. The number of carboxylic acid groups (broad SMARTS) is 1. The molecule has 0 saturated heterocycles. The summed E-state index contributed by atoms with van der Waals surface area (Å²) >= 11 is 5.76. The number of benzene rings is 1. The van der Waals surface area contributed by atoms with Crippen LogP contribution in [0.4, 0.5) is 15.0 Å². The molecule has 1 amide bonds. The van der Waals surface area contributed by atoms with Gasteiger partial charge in [-0.2, -0.15) is 4.39 Å². The minimum atomic E-state index is -1.28. The highest BCUT2D eigenvalue weighted by Crippen LogP contribution is 2.18. The number of nitrogens with zero attached hydrogens (tertiary/aromatic N) is 2. The SMILES string of the molecule is O=Cc1ccc(N(Cc2ccc(Cl)cc2)C(=O)O)nc1F. The van der Waals surface area contributed by atoms with Crippen molar-refractivity contribution in [2.24, 2.45) is 0 Å². The van der Waals surface area contributed by atoms with Gasteiger partial charge in [0.2, 0.25) is 5.95 Å². The average Bonchev–Trinajstić information content (AvgIpc) is 2.46. The highest BCUT2D eigenvalue weighted by Gasteiger charge is 2.18. The van der Waals surface area contributed by atoms with Crippen LogP contribution in [0.5, 0.6) is 0 Å². The maximum absolute atomic E-state index is 13.5. The maximum atomic E-state index is 13.5. The number of aromatic nitrogens is 1. The monoisotopic (exact) mass is 308 g/mol. The zero-order chi connectivity index (χ0) is 15.4. The topological polar surface area (TPSA) is 70.5 Å². The van der Waals surface area contributed by atoms with E-state index in [1.165, 1.54) is 12.1 Å². The van der Waals surface area contributed by atoms with E-state index in [2.05, 4.69) is 4.98 Å². The van der Waals surface area contributed by atoms with Crippen molar-refractivity contribution in [3.8, 4) is 0 Å². The summed E-state index contributed by atoms with van der Waals surface area (Å²) in [6.07, 6.45) is -0.966. The van der Waals surface area contributed by atoms with Crippen molar-refractivity contribution in [2.75, 3.05) is 4.90 Å². The Labute approximate surface area is 124 Å². The van der Waals surface area contributed by atoms with Gasteiger partial charge in [-0.1, -0.05) is 23.7 Å². The van der Waals surface area contributed by atoms with Crippen molar-refractivity contribution in [1.82, 2.24) is 4.98 Å². The Hall–Kier alpha value is -2.47. The van der Waals surface area contributed by atoms with Crippen LogP contribution in [0.25, 0.3) is 0 Å². The number of halogens is 2. The van der Waals surface area contributed by atoms with Gasteiger partial charge in [0.05, 0.1) is 12.1 Å². The van der Waals surface area contributed by atoms with E-state index in [1.54, 1.807) is 24.3 Å². The normalized spacial score (nSPS) is 10.2. The first-order valence-electron chi connectivity index (χ1n) is 5.88. The van der Waals surface area contributed by atoms with Crippen LogP contribution in [0.3, 0.4) is 0 Å². The minimum absolute atomic E-state index is 0.0145. The number of aldehydes is 1.